The summed E-state index contributed by atoms with van der Waals surface area (Å²) < 4.78 is 10.4. The van der Waals surface area contributed by atoms with Gasteiger partial charge in [0.1, 0.15) is 18.3 Å². The number of aliphatic hydroxyl groups excluding tert-OH is 3. The highest BCUT2D eigenvalue weighted by Crippen LogP contribution is 2.21. The highest BCUT2D eigenvalue weighted by atomic mass is 16.7. The number of hydrogen-bond acceptors (Lipinski definition) is 5. The Morgan fingerprint density at radius 2 is 1.79 bits per heavy atom. The predicted octanol–water partition coefficient (Wildman–Crippen LogP) is -0.760. The monoisotopic (exact) mass is 206 g/mol. The van der Waals surface area contributed by atoms with E-state index in [1.807, 2.05) is 6.92 Å². The van der Waals surface area contributed by atoms with Crippen molar-refractivity contribution in [1.82, 2.24) is 0 Å². The molecule has 0 spiro atoms. The van der Waals surface area contributed by atoms with Gasteiger partial charge in [-0.2, -0.15) is 0 Å². The lowest BCUT2D eigenvalue weighted by Gasteiger charge is -2.38. The van der Waals surface area contributed by atoms with Gasteiger partial charge in [-0.3, -0.25) is 0 Å². The first kappa shape index (κ1) is 11.9. The van der Waals surface area contributed by atoms with Crippen LogP contribution in [0, 0.1) is 0 Å². The summed E-state index contributed by atoms with van der Waals surface area (Å²) in [5.74, 6) is 0. The van der Waals surface area contributed by atoms with Crippen LogP contribution in [0.2, 0.25) is 0 Å². The molecule has 0 aromatic rings. The van der Waals surface area contributed by atoms with Gasteiger partial charge in [-0.05, 0) is 13.3 Å². The molecule has 0 amide bonds. The number of ether oxygens (including phenoxy) is 2. The molecule has 1 unspecified atom stereocenters. The average Bonchev–Trinajstić information content (AvgIpc) is 2.18. The van der Waals surface area contributed by atoms with Gasteiger partial charge in [0, 0.05) is 6.61 Å². The van der Waals surface area contributed by atoms with E-state index in [2.05, 4.69) is 0 Å². The van der Waals surface area contributed by atoms with Crippen LogP contribution in [0.3, 0.4) is 0 Å². The van der Waals surface area contributed by atoms with Gasteiger partial charge in [0.15, 0.2) is 6.29 Å². The van der Waals surface area contributed by atoms with Crippen molar-refractivity contribution in [2.45, 2.75) is 51.0 Å². The molecule has 1 rings (SSSR count). The van der Waals surface area contributed by atoms with Crippen molar-refractivity contribution in [3.05, 3.63) is 0 Å². The average molecular weight is 206 g/mol. The largest absolute Gasteiger partial charge is 0.388 e. The minimum atomic E-state index is -1.21. The zero-order valence-electron chi connectivity index (χ0n) is 8.46. The van der Waals surface area contributed by atoms with E-state index < -0.39 is 30.7 Å². The topological polar surface area (TPSA) is 79.2 Å². The van der Waals surface area contributed by atoms with E-state index >= 15 is 0 Å². The molecule has 5 nitrogen and oxygen atoms in total. The maximum atomic E-state index is 9.49. The fourth-order valence-electron chi connectivity index (χ4n) is 1.39. The van der Waals surface area contributed by atoms with Gasteiger partial charge in [0.2, 0.25) is 0 Å². The van der Waals surface area contributed by atoms with Gasteiger partial charge in [-0.25, -0.2) is 0 Å². The zero-order valence-corrected chi connectivity index (χ0v) is 8.46. The molecule has 0 aromatic carbocycles. The summed E-state index contributed by atoms with van der Waals surface area (Å²) in [6, 6.07) is 0. The molecule has 0 aliphatic carbocycles. The second-order valence-electron chi connectivity index (χ2n) is 3.55. The van der Waals surface area contributed by atoms with Gasteiger partial charge in [0.25, 0.3) is 0 Å². The Kier molecular flexibility index (Phi) is 4.28. The molecule has 0 saturated carbocycles. The van der Waals surface area contributed by atoms with Crippen LogP contribution >= 0.6 is 0 Å². The minimum Gasteiger partial charge on any atom is -0.388 e. The van der Waals surface area contributed by atoms with Gasteiger partial charge in [-0.1, -0.05) is 6.92 Å². The van der Waals surface area contributed by atoms with Crippen LogP contribution in [0.4, 0.5) is 0 Å². The summed E-state index contributed by atoms with van der Waals surface area (Å²) >= 11 is 0. The first-order chi connectivity index (χ1) is 6.57. The van der Waals surface area contributed by atoms with Gasteiger partial charge >= 0.3 is 0 Å². The molecule has 5 heteroatoms. The van der Waals surface area contributed by atoms with E-state index in [0.717, 1.165) is 6.42 Å². The first-order valence-corrected chi connectivity index (χ1v) is 4.89. The van der Waals surface area contributed by atoms with Crippen molar-refractivity contribution >= 4 is 0 Å². The summed E-state index contributed by atoms with van der Waals surface area (Å²) in [6.07, 6.45) is -4.03. The van der Waals surface area contributed by atoms with E-state index in [9.17, 15) is 15.3 Å². The highest BCUT2D eigenvalue weighted by Gasteiger charge is 2.42. The van der Waals surface area contributed by atoms with E-state index in [1.54, 1.807) is 6.92 Å². The molecule has 1 heterocycles. The molecule has 1 fully saturated rings. The molecule has 1 aliphatic rings. The summed E-state index contributed by atoms with van der Waals surface area (Å²) in [5.41, 5.74) is 0. The second-order valence-corrected chi connectivity index (χ2v) is 3.55. The summed E-state index contributed by atoms with van der Waals surface area (Å²) in [7, 11) is 0. The Morgan fingerprint density at radius 1 is 1.14 bits per heavy atom. The van der Waals surface area contributed by atoms with Crippen LogP contribution in [0.15, 0.2) is 0 Å². The molecule has 84 valence electrons. The molecule has 5 atom stereocenters. The van der Waals surface area contributed by atoms with Crippen LogP contribution in [-0.4, -0.2) is 52.6 Å². The molecule has 1 saturated heterocycles. The predicted molar refractivity (Wildman–Crippen MR) is 48.6 cm³/mol. The smallest absolute Gasteiger partial charge is 0.186 e. The summed E-state index contributed by atoms with van der Waals surface area (Å²) in [6.45, 7) is 4.02. The third-order valence-electron chi connectivity index (χ3n) is 2.29. The van der Waals surface area contributed by atoms with Gasteiger partial charge in [0.05, 0.1) is 6.10 Å². The van der Waals surface area contributed by atoms with E-state index in [1.165, 1.54) is 0 Å². The van der Waals surface area contributed by atoms with Crippen LogP contribution < -0.4 is 0 Å². The lowest BCUT2D eigenvalue weighted by atomic mass is 10.0. The second kappa shape index (κ2) is 5.04. The molecule has 1 aliphatic heterocycles. The maximum Gasteiger partial charge on any atom is 0.186 e. The van der Waals surface area contributed by atoms with E-state index in [0.29, 0.717) is 6.61 Å². The minimum absolute atomic E-state index is 0.456. The molecule has 0 bridgehead atoms. The molecule has 0 aromatic heterocycles. The van der Waals surface area contributed by atoms with Crippen molar-refractivity contribution in [2.75, 3.05) is 6.61 Å². The zero-order chi connectivity index (χ0) is 10.7. The lowest BCUT2D eigenvalue weighted by molar-refractivity contribution is -0.293. The Morgan fingerprint density at radius 3 is 2.36 bits per heavy atom. The van der Waals surface area contributed by atoms with Crippen LogP contribution in [0.5, 0.6) is 0 Å². The first-order valence-electron chi connectivity index (χ1n) is 4.89. The SMILES string of the molecule is CCCOC1O[C@@H](C)[C@@H](O)[C@@H](O)[C@@H]1O. The number of aliphatic hydroxyl groups is 3. The third-order valence-corrected chi connectivity index (χ3v) is 2.29. The molecule has 3 N–H and O–H groups in total. The third kappa shape index (κ3) is 2.43. The summed E-state index contributed by atoms with van der Waals surface area (Å²) in [5, 5.41) is 28.3. The van der Waals surface area contributed by atoms with Crippen molar-refractivity contribution in [3.63, 3.8) is 0 Å². The Labute approximate surface area is 83.3 Å². The molecular weight excluding hydrogens is 188 g/mol. The number of hydrogen-bond donors (Lipinski definition) is 3. The van der Waals surface area contributed by atoms with Crippen LogP contribution in [-0.2, 0) is 9.47 Å². The highest BCUT2D eigenvalue weighted by molar-refractivity contribution is 4.86. The Bertz CT molecular complexity index is 175. The lowest BCUT2D eigenvalue weighted by Crippen LogP contribution is -2.57. The Balaban J connectivity index is 2.52. The van der Waals surface area contributed by atoms with Crippen molar-refractivity contribution < 1.29 is 24.8 Å². The van der Waals surface area contributed by atoms with Crippen LogP contribution in [0.1, 0.15) is 20.3 Å². The molecule has 14 heavy (non-hydrogen) atoms. The van der Waals surface area contributed by atoms with Crippen molar-refractivity contribution in [3.8, 4) is 0 Å². The molecule has 0 radical (unpaired) electrons. The van der Waals surface area contributed by atoms with Crippen molar-refractivity contribution in [2.24, 2.45) is 0 Å². The fourth-order valence-corrected chi connectivity index (χ4v) is 1.39. The normalized spacial score (nSPS) is 43.9. The van der Waals surface area contributed by atoms with E-state index in [4.69, 9.17) is 9.47 Å². The van der Waals surface area contributed by atoms with Crippen LogP contribution in [0.25, 0.3) is 0 Å². The van der Waals surface area contributed by atoms with Gasteiger partial charge in [-0.15, -0.1) is 0 Å². The Hall–Kier alpha value is -0.200. The van der Waals surface area contributed by atoms with Gasteiger partial charge < -0.3 is 24.8 Å². The standard InChI is InChI=1S/C9H18O5/c1-3-4-13-9-8(12)7(11)6(10)5(2)14-9/h5-12H,3-4H2,1-2H3/t5-,6+,7+,8-,9?/m0/s1. The fraction of sp³-hybridized carbons (Fsp3) is 1.00. The number of rotatable bonds is 3. The summed E-state index contributed by atoms with van der Waals surface area (Å²) in [4.78, 5) is 0. The van der Waals surface area contributed by atoms with Crippen molar-refractivity contribution in [1.29, 1.82) is 0 Å². The maximum absolute atomic E-state index is 9.49. The van der Waals surface area contributed by atoms with E-state index in [-0.39, 0.29) is 0 Å². The quantitative estimate of drug-likeness (QED) is 0.565. The molecular formula is C9H18O5.